The van der Waals surface area contributed by atoms with E-state index in [1.54, 1.807) is 0 Å². The third kappa shape index (κ3) is 6.13. The summed E-state index contributed by atoms with van der Waals surface area (Å²) in [6.07, 6.45) is 10.8. The largest absolute Gasteiger partial charge is 0.353 e. The molecule has 112 valence electrons. The van der Waals surface area contributed by atoms with Crippen molar-refractivity contribution in [1.29, 1.82) is 0 Å². The van der Waals surface area contributed by atoms with Crippen LogP contribution in [0, 0.1) is 5.92 Å². The average Bonchev–Trinajstić information content (AvgIpc) is 2.82. The van der Waals surface area contributed by atoms with Crippen LogP contribution in [0.15, 0.2) is 0 Å². The van der Waals surface area contributed by atoms with Gasteiger partial charge in [-0.05, 0) is 45.1 Å². The number of rotatable bonds is 5. The molecule has 1 saturated carbocycles. The van der Waals surface area contributed by atoms with Gasteiger partial charge in [-0.15, -0.1) is 12.4 Å². The molecule has 0 bridgehead atoms. The van der Waals surface area contributed by atoms with Crippen LogP contribution >= 0.6 is 12.4 Å². The highest BCUT2D eigenvalue weighted by atomic mass is 35.5. The molecule has 0 aromatic heterocycles. The molecule has 0 radical (unpaired) electrons. The number of carbonyl (C=O) groups is 1. The Morgan fingerprint density at radius 1 is 1.26 bits per heavy atom. The predicted molar refractivity (Wildman–Crippen MR) is 81.7 cm³/mol. The Bertz CT molecular complexity index is 267. The second-order valence-corrected chi connectivity index (χ2v) is 6.19. The summed E-state index contributed by atoms with van der Waals surface area (Å²) in [5.41, 5.74) is 0. The standard InChI is InChI=1S/C15H28N2O.ClH/c1-12-11-14(9-10-16-12)17-15(18)8-4-7-13-5-2-3-6-13;/h12-14,16H,2-11H2,1H3,(H,17,18);1H. The molecule has 4 heteroatoms. The van der Waals surface area contributed by atoms with Crippen molar-refractivity contribution >= 4 is 18.3 Å². The van der Waals surface area contributed by atoms with Gasteiger partial charge in [0.2, 0.25) is 5.91 Å². The monoisotopic (exact) mass is 288 g/mol. The first-order valence-electron chi connectivity index (χ1n) is 7.77. The Morgan fingerprint density at radius 2 is 2.00 bits per heavy atom. The highest BCUT2D eigenvalue weighted by Crippen LogP contribution is 2.28. The van der Waals surface area contributed by atoms with Crippen LogP contribution in [0.3, 0.4) is 0 Å². The molecule has 0 spiro atoms. The molecular formula is C15H29ClN2O. The van der Waals surface area contributed by atoms with Crippen LogP contribution in [0.25, 0.3) is 0 Å². The van der Waals surface area contributed by atoms with Gasteiger partial charge < -0.3 is 10.6 Å². The van der Waals surface area contributed by atoms with Crippen LogP contribution in [-0.2, 0) is 4.79 Å². The number of halogens is 1. The molecule has 1 saturated heterocycles. The molecule has 2 unspecified atom stereocenters. The zero-order valence-electron chi connectivity index (χ0n) is 12.1. The van der Waals surface area contributed by atoms with E-state index >= 15 is 0 Å². The first-order chi connectivity index (χ1) is 8.74. The summed E-state index contributed by atoms with van der Waals surface area (Å²) in [6.45, 7) is 3.23. The second-order valence-electron chi connectivity index (χ2n) is 6.19. The first-order valence-corrected chi connectivity index (χ1v) is 7.77. The zero-order valence-corrected chi connectivity index (χ0v) is 12.9. The lowest BCUT2D eigenvalue weighted by Gasteiger charge is -2.28. The Hall–Kier alpha value is -0.280. The van der Waals surface area contributed by atoms with Gasteiger partial charge in [-0.3, -0.25) is 4.79 Å². The maximum absolute atomic E-state index is 11.9. The second kappa shape index (κ2) is 8.80. The fourth-order valence-corrected chi connectivity index (χ4v) is 3.41. The number of piperidine rings is 1. The highest BCUT2D eigenvalue weighted by Gasteiger charge is 2.20. The Balaban J connectivity index is 0.00000180. The van der Waals surface area contributed by atoms with Crippen LogP contribution in [0.2, 0.25) is 0 Å². The fraction of sp³-hybridized carbons (Fsp3) is 0.933. The number of hydrogen-bond donors (Lipinski definition) is 2. The van der Waals surface area contributed by atoms with Crippen molar-refractivity contribution in [2.45, 2.75) is 76.8 Å². The molecule has 0 aromatic rings. The lowest BCUT2D eigenvalue weighted by atomic mass is 9.99. The predicted octanol–water partition coefficient (Wildman–Crippen LogP) is 3.03. The van der Waals surface area contributed by atoms with Crippen LogP contribution in [0.4, 0.5) is 0 Å². The van der Waals surface area contributed by atoms with E-state index in [1.807, 2.05) is 0 Å². The smallest absolute Gasteiger partial charge is 0.220 e. The van der Waals surface area contributed by atoms with Crippen molar-refractivity contribution in [3.63, 3.8) is 0 Å². The molecule has 0 aromatic carbocycles. The van der Waals surface area contributed by atoms with Gasteiger partial charge in [0.25, 0.3) is 0 Å². The lowest BCUT2D eigenvalue weighted by Crippen LogP contribution is -2.46. The van der Waals surface area contributed by atoms with Crippen LogP contribution in [0.1, 0.15) is 64.7 Å². The molecule has 19 heavy (non-hydrogen) atoms. The number of nitrogens with one attached hydrogen (secondary N) is 2. The molecule has 3 nitrogen and oxygen atoms in total. The first kappa shape index (κ1) is 16.8. The number of carbonyl (C=O) groups excluding carboxylic acids is 1. The van der Waals surface area contributed by atoms with E-state index in [1.165, 1.54) is 32.1 Å². The molecule has 1 amide bonds. The van der Waals surface area contributed by atoms with E-state index in [0.717, 1.165) is 38.1 Å². The van der Waals surface area contributed by atoms with E-state index < -0.39 is 0 Å². The van der Waals surface area contributed by atoms with E-state index in [0.29, 0.717) is 12.1 Å². The summed E-state index contributed by atoms with van der Waals surface area (Å²) < 4.78 is 0. The topological polar surface area (TPSA) is 41.1 Å². The molecule has 2 aliphatic rings. The van der Waals surface area contributed by atoms with Crippen molar-refractivity contribution in [3.05, 3.63) is 0 Å². The van der Waals surface area contributed by atoms with Gasteiger partial charge in [0.15, 0.2) is 0 Å². The van der Waals surface area contributed by atoms with Gasteiger partial charge in [-0.25, -0.2) is 0 Å². The van der Waals surface area contributed by atoms with Gasteiger partial charge in [0, 0.05) is 18.5 Å². The van der Waals surface area contributed by atoms with Gasteiger partial charge in [0.1, 0.15) is 0 Å². The van der Waals surface area contributed by atoms with E-state index in [4.69, 9.17) is 0 Å². The third-order valence-corrected chi connectivity index (χ3v) is 4.48. The van der Waals surface area contributed by atoms with Crippen LogP contribution in [-0.4, -0.2) is 24.5 Å². The van der Waals surface area contributed by atoms with Crippen LogP contribution in [0.5, 0.6) is 0 Å². The van der Waals surface area contributed by atoms with Crippen molar-refractivity contribution in [1.82, 2.24) is 10.6 Å². The van der Waals surface area contributed by atoms with E-state index in [2.05, 4.69) is 17.6 Å². The molecule has 2 N–H and O–H groups in total. The third-order valence-electron chi connectivity index (χ3n) is 4.48. The minimum atomic E-state index is 0. The Morgan fingerprint density at radius 3 is 2.68 bits per heavy atom. The lowest BCUT2D eigenvalue weighted by molar-refractivity contribution is -0.122. The SMILES string of the molecule is CC1CC(NC(=O)CCCC2CCCC2)CCN1.Cl. The van der Waals surface area contributed by atoms with Crippen molar-refractivity contribution < 1.29 is 4.79 Å². The number of hydrogen-bond acceptors (Lipinski definition) is 2. The molecule has 2 rings (SSSR count). The van der Waals surface area contributed by atoms with Crippen molar-refractivity contribution in [2.75, 3.05) is 6.54 Å². The zero-order chi connectivity index (χ0) is 12.8. The Kier molecular flexibility index (Phi) is 7.77. The molecule has 2 atom stereocenters. The minimum absolute atomic E-state index is 0. The molecular weight excluding hydrogens is 260 g/mol. The van der Waals surface area contributed by atoms with Crippen molar-refractivity contribution in [3.8, 4) is 0 Å². The van der Waals surface area contributed by atoms with Gasteiger partial charge in [0.05, 0.1) is 0 Å². The summed E-state index contributed by atoms with van der Waals surface area (Å²) >= 11 is 0. The van der Waals surface area contributed by atoms with Gasteiger partial charge in [-0.2, -0.15) is 0 Å². The summed E-state index contributed by atoms with van der Waals surface area (Å²) in [6, 6.07) is 0.947. The van der Waals surface area contributed by atoms with Gasteiger partial charge in [-0.1, -0.05) is 25.7 Å². The maximum atomic E-state index is 11.9. The molecule has 1 heterocycles. The summed E-state index contributed by atoms with van der Waals surface area (Å²) in [5.74, 6) is 1.18. The summed E-state index contributed by atoms with van der Waals surface area (Å²) in [5, 5.41) is 6.61. The normalized spacial score (nSPS) is 27.8. The molecule has 1 aliphatic carbocycles. The van der Waals surface area contributed by atoms with Crippen LogP contribution < -0.4 is 10.6 Å². The average molecular weight is 289 g/mol. The molecule has 2 fully saturated rings. The van der Waals surface area contributed by atoms with E-state index in [9.17, 15) is 4.79 Å². The fourth-order valence-electron chi connectivity index (χ4n) is 3.41. The number of amides is 1. The quantitative estimate of drug-likeness (QED) is 0.816. The van der Waals surface area contributed by atoms with Crippen molar-refractivity contribution in [2.24, 2.45) is 5.92 Å². The molecule has 1 aliphatic heterocycles. The minimum Gasteiger partial charge on any atom is -0.353 e. The van der Waals surface area contributed by atoms with E-state index in [-0.39, 0.29) is 18.3 Å². The highest BCUT2D eigenvalue weighted by molar-refractivity contribution is 5.85. The summed E-state index contributed by atoms with van der Waals surface area (Å²) in [4.78, 5) is 11.9. The summed E-state index contributed by atoms with van der Waals surface area (Å²) in [7, 11) is 0. The Labute approximate surface area is 123 Å². The van der Waals surface area contributed by atoms with Gasteiger partial charge >= 0.3 is 0 Å². The maximum Gasteiger partial charge on any atom is 0.220 e.